The van der Waals surface area contributed by atoms with Crippen molar-refractivity contribution in [3.63, 3.8) is 0 Å². The van der Waals surface area contributed by atoms with E-state index in [0.717, 1.165) is 18.7 Å². The van der Waals surface area contributed by atoms with E-state index in [1.54, 1.807) is 7.11 Å². The minimum Gasteiger partial charge on any atom is -0.495 e. The average molecular weight is 208 g/mol. The molecule has 4 nitrogen and oxygen atoms in total. The van der Waals surface area contributed by atoms with Gasteiger partial charge in [-0.1, -0.05) is 0 Å². The zero-order chi connectivity index (χ0) is 10.8. The molecule has 1 saturated heterocycles. The van der Waals surface area contributed by atoms with Gasteiger partial charge in [0.05, 0.1) is 18.9 Å². The monoisotopic (exact) mass is 208 g/mol. The lowest BCUT2D eigenvalue weighted by Crippen LogP contribution is -2.21. The number of β-amino-alcohol motifs (C(OH)–C–C–N with tert-alkyl or cyclic N) is 1. The number of hydrogen-bond acceptors (Lipinski definition) is 4. The normalized spacial score (nSPS) is 20.7. The second-order valence-electron chi connectivity index (χ2n) is 3.81. The standard InChI is InChI=1S/C11H16N2O2/c1-15-11-6-8(2-3-10(11)12)13-5-4-9(14)7-13/h2-3,6,9,14H,4-5,7,12H2,1H3/t9-/m0/s1. The molecule has 1 atom stereocenters. The summed E-state index contributed by atoms with van der Waals surface area (Å²) in [6, 6.07) is 5.70. The van der Waals surface area contributed by atoms with Gasteiger partial charge >= 0.3 is 0 Å². The molecule has 0 amide bonds. The Morgan fingerprint density at radius 1 is 1.53 bits per heavy atom. The molecule has 0 saturated carbocycles. The van der Waals surface area contributed by atoms with E-state index in [-0.39, 0.29) is 6.10 Å². The van der Waals surface area contributed by atoms with Crippen LogP contribution in [0.2, 0.25) is 0 Å². The van der Waals surface area contributed by atoms with Gasteiger partial charge in [0.1, 0.15) is 5.75 Å². The van der Waals surface area contributed by atoms with E-state index in [1.165, 1.54) is 0 Å². The Hall–Kier alpha value is -1.42. The van der Waals surface area contributed by atoms with Gasteiger partial charge < -0.3 is 20.5 Å². The Bertz CT molecular complexity index is 354. The van der Waals surface area contributed by atoms with Crippen molar-refractivity contribution in [3.8, 4) is 5.75 Å². The van der Waals surface area contributed by atoms with Crippen molar-refractivity contribution < 1.29 is 9.84 Å². The molecule has 3 N–H and O–H groups in total. The van der Waals surface area contributed by atoms with Crippen molar-refractivity contribution >= 4 is 11.4 Å². The molecule has 1 aromatic rings. The van der Waals surface area contributed by atoms with Gasteiger partial charge in [-0.15, -0.1) is 0 Å². The number of methoxy groups -OCH3 is 1. The topological polar surface area (TPSA) is 58.7 Å². The molecule has 1 fully saturated rings. The van der Waals surface area contributed by atoms with Crippen LogP contribution in [0.3, 0.4) is 0 Å². The summed E-state index contributed by atoms with van der Waals surface area (Å²) in [5.41, 5.74) is 7.43. The molecule has 1 aliphatic heterocycles. The zero-order valence-electron chi connectivity index (χ0n) is 8.81. The zero-order valence-corrected chi connectivity index (χ0v) is 8.81. The van der Waals surface area contributed by atoms with Crippen LogP contribution in [0.25, 0.3) is 0 Å². The van der Waals surface area contributed by atoms with Crippen LogP contribution in [-0.4, -0.2) is 31.4 Å². The minimum absolute atomic E-state index is 0.214. The van der Waals surface area contributed by atoms with Gasteiger partial charge in [0.25, 0.3) is 0 Å². The molecule has 0 spiro atoms. The Morgan fingerprint density at radius 2 is 2.33 bits per heavy atom. The third kappa shape index (κ3) is 1.99. The first-order chi connectivity index (χ1) is 7.20. The van der Waals surface area contributed by atoms with E-state index < -0.39 is 0 Å². The lowest BCUT2D eigenvalue weighted by molar-refractivity contribution is 0.198. The van der Waals surface area contributed by atoms with E-state index in [0.29, 0.717) is 18.0 Å². The number of benzene rings is 1. The summed E-state index contributed by atoms with van der Waals surface area (Å²) in [5.74, 6) is 0.689. The first-order valence-corrected chi connectivity index (χ1v) is 5.07. The van der Waals surface area contributed by atoms with Crippen molar-refractivity contribution in [1.29, 1.82) is 0 Å². The van der Waals surface area contributed by atoms with Crippen LogP contribution in [0.4, 0.5) is 11.4 Å². The van der Waals surface area contributed by atoms with Crippen molar-refractivity contribution in [3.05, 3.63) is 18.2 Å². The number of hydrogen-bond donors (Lipinski definition) is 2. The maximum atomic E-state index is 9.44. The van der Waals surface area contributed by atoms with E-state index in [9.17, 15) is 5.11 Å². The summed E-state index contributed by atoms with van der Waals surface area (Å²) in [6.45, 7) is 1.57. The summed E-state index contributed by atoms with van der Waals surface area (Å²) in [4.78, 5) is 2.13. The highest BCUT2D eigenvalue weighted by molar-refractivity contribution is 5.62. The Balaban J connectivity index is 2.21. The molecule has 15 heavy (non-hydrogen) atoms. The summed E-state index contributed by atoms with van der Waals surface area (Å²) < 4.78 is 5.16. The Labute approximate surface area is 89.3 Å². The molecular weight excluding hydrogens is 192 g/mol. The molecule has 0 aliphatic carbocycles. The van der Waals surface area contributed by atoms with Crippen LogP contribution in [0, 0.1) is 0 Å². The summed E-state index contributed by atoms with van der Waals surface area (Å²) in [5, 5.41) is 9.44. The second-order valence-corrected chi connectivity index (χ2v) is 3.81. The number of anilines is 2. The summed E-state index contributed by atoms with van der Waals surface area (Å²) >= 11 is 0. The van der Waals surface area contributed by atoms with E-state index >= 15 is 0 Å². The first kappa shape index (κ1) is 10.1. The van der Waals surface area contributed by atoms with Crippen molar-refractivity contribution in [1.82, 2.24) is 0 Å². The lowest BCUT2D eigenvalue weighted by atomic mass is 10.2. The van der Waals surface area contributed by atoms with Gasteiger partial charge in [0.15, 0.2) is 0 Å². The van der Waals surface area contributed by atoms with Gasteiger partial charge in [-0.3, -0.25) is 0 Å². The average Bonchev–Trinajstić information content (AvgIpc) is 2.66. The number of rotatable bonds is 2. The fourth-order valence-electron chi connectivity index (χ4n) is 1.87. The van der Waals surface area contributed by atoms with Gasteiger partial charge in [0, 0.05) is 24.8 Å². The summed E-state index contributed by atoms with van der Waals surface area (Å²) in [7, 11) is 1.61. The number of ether oxygens (including phenoxy) is 1. The lowest BCUT2D eigenvalue weighted by Gasteiger charge is -2.19. The van der Waals surface area contributed by atoms with Gasteiger partial charge in [-0.05, 0) is 18.6 Å². The van der Waals surface area contributed by atoms with Gasteiger partial charge in [-0.2, -0.15) is 0 Å². The molecular formula is C11H16N2O2. The van der Waals surface area contributed by atoms with Crippen LogP contribution in [0.15, 0.2) is 18.2 Å². The van der Waals surface area contributed by atoms with Crippen molar-refractivity contribution in [2.24, 2.45) is 0 Å². The molecule has 1 aromatic carbocycles. The van der Waals surface area contributed by atoms with E-state index in [2.05, 4.69) is 4.90 Å². The highest BCUT2D eigenvalue weighted by Gasteiger charge is 2.20. The van der Waals surface area contributed by atoms with Gasteiger partial charge in [-0.25, -0.2) is 0 Å². The van der Waals surface area contributed by atoms with Crippen LogP contribution in [0.1, 0.15) is 6.42 Å². The van der Waals surface area contributed by atoms with E-state index in [4.69, 9.17) is 10.5 Å². The maximum Gasteiger partial charge on any atom is 0.143 e. The second kappa shape index (κ2) is 3.98. The SMILES string of the molecule is COc1cc(N2CC[C@H](O)C2)ccc1N. The smallest absolute Gasteiger partial charge is 0.143 e. The molecule has 0 aromatic heterocycles. The molecule has 0 unspecified atom stereocenters. The third-order valence-corrected chi connectivity index (χ3v) is 2.75. The van der Waals surface area contributed by atoms with Crippen LogP contribution >= 0.6 is 0 Å². The van der Waals surface area contributed by atoms with Crippen LogP contribution in [0.5, 0.6) is 5.75 Å². The van der Waals surface area contributed by atoms with Crippen molar-refractivity contribution in [2.45, 2.75) is 12.5 Å². The van der Waals surface area contributed by atoms with Crippen molar-refractivity contribution in [2.75, 3.05) is 30.8 Å². The molecule has 0 radical (unpaired) electrons. The fourth-order valence-corrected chi connectivity index (χ4v) is 1.87. The highest BCUT2D eigenvalue weighted by atomic mass is 16.5. The third-order valence-electron chi connectivity index (χ3n) is 2.75. The highest BCUT2D eigenvalue weighted by Crippen LogP contribution is 2.29. The molecule has 1 aliphatic rings. The molecule has 1 heterocycles. The largest absolute Gasteiger partial charge is 0.495 e. The van der Waals surface area contributed by atoms with E-state index in [1.807, 2.05) is 18.2 Å². The fraction of sp³-hybridized carbons (Fsp3) is 0.455. The molecule has 2 rings (SSSR count). The number of aliphatic hydroxyl groups is 1. The Kier molecular flexibility index (Phi) is 2.68. The number of nitrogen functional groups attached to an aromatic ring is 1. The molecule has 0 bridgehead atoms. The predicted molar refractivity (Wildman–Crippen MR) is 60.2 cm³/mol. The van der Waals surface area contributed by atoms with Gasteiger partial charge in [0.2, 0.25) is 0 Å². The summed E-state index contributed by atoms with van der Waals surface area (Å²) in [6.07, 6.45) is 0.612. The number of aliphatic hydroxyl groups excluding tert-OH is 1. The quantitative estimate of drug-likeness (QED) is 0.707. The first-order valence-electron chi connectivity index (χ1n) is 5.07. The molecule has 4 heteroatoms. The maximum absolute atomic E-state index is 9.44. The Morgan fingerprint density at radius 3 is 2.93 bits per heavy atom. The van der Waals surface area contributed by atoms with Crippen LogP contribution in [-0.2, 0) is 0 Å². The van der Waals surface area contributed by atoms with Crippen LogP contribution < -0.4 is 15.4 Å². The predicted octanol–water partition coefficient (Wildman–Crippen LogP) is 0.848. The molecule has 82 valence electrons. The minimum atomic E-state index is -0.214. The number of nitrogens with two attached hydrogens (primary N) is 1. The number of nitrogens with zero attached hydrogens (tertiary/aromatic N) is 1.